The highest BCUT2D eigenvalue weighted by atomic mass is 15.1. The Morgan fingerprint density at radius 1 is 1.78 bits per heavy atom. The summed E-state index contributed by atoms with van der Waals surface area (Å²) in [5, 5.41) is 0. The van der Waals surface area contributed by atoms with Crippen molar-refractivity contribution in [2.45, 2.75) is 12.5 Å². The molecule has 0 aromatic heterocycles. The SMILES string of the molecule is C#CC1C=CCCN1C. The highest BCUT2D eigenvalue weighted by Crippen LogP contribution is 2.04. The zero-order chi connectivity index (χ0) is 6.69. The van der Waals surface area contributed by atoms with E-state index in [9.17, 15) is 0 Å². The number of nitrogens with zero attached hydrogens (tertiary/aromatic N) is 1. The Kier molecular flexibility index (Phi) is 1.92. The van der Waals surface area contributed by atoms with E-state index in [1.54, 1.807) is 0 Å². The smallest absolute Gasteiger partial charge is 0.0895 e. The van der Waals surface area contributed by atoms with Crippen molar-refractivity contribution in [3.8, 4) is 12.3 Å². The van der Waals surface area contributed by atoms with E-state index in [2.05, 4.69) is 23.0 Å². The van der Waals surface area contributed by atoms with Crippen molar-refractivity contribution >= 4 is 0 Å². The Balaban J connectivity index is 2.59. The molecule has 0 amide bonds. The Hall–Kier alpha value is -0.740. The van der Waals surface area contributed by atoms with Gasteiger partial charge < -0.3 is 0 Å². The Bertz CT molecular complexity index is 152. The first kappa shape index (κ1) is 6.38. The molecule has 0 fully saturated rings. The summed E-state index contributed by atoms with van der Waals surface area (Å²) in [6, 6.07) is 0.235. The Morgan fingerprint density at radius 3 is 3.00 bits per heavy atom. The summed E-state index contributed by atoms with van der Waals surface area (Å²) in [5.41, 5.74) is 0. The molecule has 0 spiro atoms. The molecule has 1 heterocycles. The van der Waals surface area contributed by atoms with Crippen molar-refractivity contribution < 1.29 is 0 Å². The van der Waals surface area contributed by atoms with Gasteiger partial charge >= 0.3 is 0 Å². The van der Waals surface area contributed by atoms with E-state index in [1.165, 1.54) is 0 Å². The molecular formula is C8H11N. The van der Waals surface area contributed by atoms with Gasteiger partial charge in [-0.25, -0.2) is 0 Å². The monoisotopic (exact) mass is 121 g/mol. The molecule has 0 saturated carbocycles. The van der Waals surface area contributed by atoms with Gasteiger partial charge in [-0.15, -0.1) is 6.42 Å². The van der Waals surface area contributed by atoms with E-state index >= 15 is 0 Å². The van der Waals surface area contributed by atoms with Gasteiger partial charge in [0.15, 0.2) is 0 Å². The summed E-state index contributed by atoms with van der Waals surface area (Å²) in [4.78, 5) is 2.17. The van der Waals surface area contributed by atoms with Crippen LogP contribution in [0.4, 0.5) is 0 Å². The number of terminal acetylenes is 1. The molecule has 0 radical (unpaired) electrons. The molecule has 1 rings (SSSR count). The molecular weight excluding hydrogens is 110 g/mol. The van der Waals surface area contributed by atoms with E-state index < -0.39 is 0 Å². The fourth-order valence-corrected chi connectivity index (χ4v) is 0.972. The average Bonchev–Trinajstić information content (AvgIpc) is 1.89. The van der Waals surface area contributed by atoms with E-state index in [-0.39, 0.29) is 6.04 Å². The molecule has 9 heavy (non-hydrogen) atoms. The molecule has 1 unspecified atom stereocenters. The highest BCUT2D eigenvalue weighted by Gasteiger charge is 2.09. The maximum atomic E-state index is 5.25. The van der Waals surface area contributed by atoms with Crippen LogP contribution in [0.5, 0.6) is 0 Å². The first-order valence-electron chi connectivity index (χ1n) is 3.17. The predicted molar refractivity (Wildman–Crippen MR) is 39.0 cm³/mol. The quantitative estimate of drug-likeness (QED) is 0.339. The lowest BCUT2D eigenvalue weighted by atomic mass is 10.1. The standard InChI is InChI=1S/C8H11N/c1-3-8-6-4-5-7-9(8)2/h1,4,6,8H,5,7H2,2H3. The normalized spacial score (nSPS) is 27.8. The zero-order valence-electron chi connectivity index (χ0n) is 5.67. The van der Waals surface area contributed by atoms with Crippen molar-refractivity contribution in [2.75, 3.05) is 13.6 Å². The summed E-state index contributed by atoms with van der Waals surface area (Å²) < 4.78 is 0. The van der Waals surface area contributed by atoms with Crippen LogP contribution in [-0.4, -0.2) is 24.5 Å². The van der Waals surface area contributed by atoms with Crippen LogP contribution < -0.4 is 0 Å². The molecule has 0 aliphatic carbocycles. The largest absolute Gasteiger partial charge is 0.289 e. The van der Waals surface area contributed by atoms with Crippen LogP contribution in [0.15, 0.2) is 12.2 Å². The Labute approximate surface area is 56.4 Å². The van der Waals surface area contributed by atoms with Gasteiger partial charge in [-0.05, 0) is 13.5 Å². The van der Waals surface area contributed by atoms with Gasteiger partial charge in [0, 0.05) is 6.54 Å². The molecule has 0 aromatic rings. The van der Waals surface area contributed by atoms with Gasteiger partial charge in [0.05, 0.1) is 6.04 Å². The minimum Gasteiger partial charge on any atom is -0.289 e. The maximum Gasteiger partial charge on any atom is 0.0895 e. The molecule has 0 N–H and O–H groups in total. The minimum atomic E-state index is 0.235. The van der Waals surface area contributed by atoms with Crippen LogP contribution in [0.2, 0.25) is 0 Å². The van der Waals surface area contributed by atoms with Crippen LogP contribution in [0.25, 0.3) is 0 Å². The lowest BCUT2D eigenvalue weighted by Crippen LogP contribution is -2.31. The summed E-state index contributed by atoms with van der Waals surface area (Å²) in [7, 11) is 2.05. The van der Waals surface area contributed by atoms with Crippen molar-refractivity contribution in [1.29, 1.82) is 0 Å². The lowest BCUT2D eigenvalue weighted by molar-refractivity contribution is 0.320. The van der Waals surface area contributed by atoms with Crippen molar-refractivity contribution in [2.24, 2.45) is 0 Å². The van der Waals surface area contributed by atoms with Gasteiger partial charge in [-0.2, -0.15) is 0 Å². The van der Waals surface area contributed by atoms with Gasteiger partial charge in [0.1, 0.15) is 0 Å². The molecule has 1 heteroatoms. The molecule has 1 aliphatic rings. The van der Waals surface area contributed by atoms with E-state index in [0.29, 0.717) is 0 Å². The highest BCUT2D eigenvalue weighted by molar-refractivity contribution is 5.13. The molecule has 0 aromatic carbocycles. The molecule has 48 valence electrons. The molecule has 1 aliphatic heterocycles. The van der Waals surface area contributed by atoms with Gasteiger partial charge in [-0.1, -0.05) is 18.1 Å². The number of hydrogen-bond donors (Lipinski definition) is 0. The van der Waals surface area contributed by atoms with Gasteiger partial charge in [-0.3, -0.25) is 4.90 Å². The molecule has 1 atom stereocenters. The van der Waals surface area contributed by atoms with Gasteiger partial charge in [0.2, 0.25) is 0 Å². The van der Waals surface area contributed by atoms with Crippen molar-refractivity contribution in [3.05, 3.63) is 12.2 Å². The Morgan fingerprint density at radius 2 is 2.56 bits per heavy atom. The number of likely N-dealkylation sites (N-methyl/N-ethyl adjacent to an activating group) is 1. The fraction of sp³-hybridized carbons (Fsp3) is 0.500. The van der Waals surface area contributed by atoms with Gasteiger partial charge in [0.25, 0.3) is 0 Å². The summed E-state index contributed by atoms with van der Waals surface area (Å²) >= 11 is 0. The topological polar surface area (TPSA) is 3.24 Å². The summed E-state index contributed by atoms with van der Waals surface area (Å²) in [5.74, 6) is 2.69. The summed E-state index contributed by atoms with van der Waals surface area (Å²) in [6.07, 6.45) is 10.6. The second-order valence-electron chi connectivity index (χ2n) is 2.31. The third-order valence-electron chi connectivity index (χ3n) is 1.61. The number of hydrogen-bond acceptors (Lipinski definition) is 1. The maximum absolute atomic E-state index is 5.25. The number of rotatable bonds is 0. The first-order chi connectivity index (χ1) is 4.34. The van der Waals surface area contributed by atoms with Crippen LogP contribution in [0, 0.1) is 12.3 Å². The van der Waals surface area contributed by atoms with Crippen LogP contribution in [0.3, 0.4) is 0 Å². The van der Waals surface area contributed by atoms with Crippen LogP contribution >= 0.6 is 0 Å². The van der Waals surface area contributed by atoms with Crippen LogP contribution in [-0.2, 0) is 0 Å². The third kappa shape index (κ3) is 1.34. The second-order valence-corrected chi connectivity index (χ2v) is 2.31. The zero-order valence-corrected chi connectivity index (χ0v) is 5.67. The average molecular weight is 121 g/mol. The van der Waals surface area contributed by atoms with Crippen molar-refractivity contribution in [1.82, 2.24) is 4.90 Å². The summed E-state index contributed by atoms with van der Waals surface area (Å²) in [6.45, 7) is 1.09. The third-order valence-corrected chi connectivity index (χ3v) is 1.61. The lowest BCUT2D eigenvalue weighted by Gasteiger charge is -2.23. The fourth-order valence-electron chi connectivity index (χ4n) is 0.972. The predicted octanol–water partition coefficient (Wildman–Crippen LogP) is 0.880. The van der Waals surface area contributed by atoms with E-state index in [4.69, 9.17) is 6.42 Å². The van der Waals surface area contributed by atoms with E-state index in [0.717, 1.165) is 13.0 Å². The first-order valence-corrected chi connectivity index (χ1v) is 3.17. The van der Waals surface area contributed by atoms with Crippen LogP contribution in [0.1, 0.15) is 6.42 Å². The molecule has 0 saturated heterocycles. The van der Waals surface area contributed by atoms with Crippen molar-refractivity contribution in [3.63, 3.8) is 0 Å². The molecule has 1 nitrogen and oxygen atoms in total. The van der Waals surface area contributed by atoms with E-state index in [1.807, 2.05) is 7.05 Å². The molecule has 0 bridgehead atoms. The second kappa shape index (κ2) is 2.70. The minimum absolute atomic E-state index is 0.235.